The van der Waals surface area contributed by atoms with Gasteiger partial charge in [0.05, 0.1) is 0 Å². The number of carbonyl (C=O) groups is 1. The van der Waals surface area contributed by atoms with Crippen LogP contribution in [0.4, 0.5) is 10.5 Å². The predicted octanol–water partition coefficient (Wildman–Crippen LogP) is 3.48. The molecule has 1 aliphatic heterocycles. The van der Waals surface area contributed by atoms with Gasteiger partial charge in [-0.2, -0.15) is 0 Å². The maximum atomic E-state index is 12.3. The number of para-hydroxylation sites is 1. The molecule has 0 unspecified atom stereocenters. The molecular weight excluding hydrogens is 354 g/mol. The number of nitrogens with one attached hydrogen (secondary N) is 1. The molecule has 1 N–H and O–H groups in total. The molecular formula is C18H20BrN3O. The van der Waals surface area contributed by atoms with Crippen molar-refractivity contribution in [3.63, 3.8) is 0 Å². The van der Waals surface area contributed by atoms with Gasteiger partial charge in [0.15, 0.2) is 0 Å². The number of hydrogen-bond donors (Lipinski definition) is 1. The number of amides is 2. The van der Waals surface area contributed by atoms with Crippen molar-refractivity contribution in [2.75, 3.05) is 31.1 Å². The van der Waals surface area contributed by atoms with E-state index in [1.54, 1.807) is 0 Å². The number of benzene rings is 2. The van der Waals surface area contributed by atoms with Gasteiger partial charge >= 0.3 is 6.03 Å². The van der Waals surface area contributed by atoms with Crippen LogP contribution < -0.4 is 10.2 Å². The predicted molar refractivity (Wildman–Crippen MR) is 96.6 cm³/mol. The number of rotatable bonds is 3. The molecule has 0 radical (unpaired) electrons. The average Bonchev–Trinajstić information content (AvgIpc) is 2.61. The zero-order valence-electron chi connectivity index (χ0n) is 12.9. The zero-order chi connectivity index (χ0) is 16.1. The SMILES string of the molecule is O=C(NCc1cccc(Br)c1)N1CCN(c2ccccc2)CC1. The molecule has 0 aliphatic carbocycles. The summed E-state index contributed by atoms with van der Waals surface area (Å²) >= 11 is 3.45. The summed E-state index contributed by atoms with van der Waals surface area (Å²) in [4.78, 5) is 16.5. The summed E-state index contributed by atoms with van der Waals surface area (Å²) in [6.07, 6.45) is 0. The number of halogens is 1. The highest BCUT2D eigenvalue weighted by Crippen LogP contribution is 2.16. The monoisotopic (exact) mass is 373 g/mol. The first kappa shape index (κ1) is 15.9. The maximum absolute atomic E-state index is 12.3. The highest BCUT2D eigenvalue weighted by Gasteiger charge is 2.20. The molecule has 1 fully saturated rings. The Hall–Kier alpha value is -2.01. The Balaban J connectivity index is 1.48. The molecule has 23 heavy (non-hydrogen) atoms. The minimum absolute atomic E-state index is 0.0117. The molecule has 0 spiro atoms. The van der Waals surface area contributed by atoms with Crippen molar-refractivity contribution in [2.45, 2.75) is 6.54 Å². The first-order valence-corrected chi connectivity index (χ1v) is 8.59. The smallest absolute Gasteiger partial charge is 0.317 e. The number of nitrogens with zero attached hydrogens (tertiary/aromatic N) is 2. The second kappa shape index (κ2) is 7.51. The van der Waals surface area contributed by atoms with Crippen molar-refractivity contribution in [2.24, 2.45) is 0 Å². The number of anilines is 1. The lowest BCUT2D eigenvalue weighted by molar-refractivity contribution is 0.194. The molecule has 5 heteroatoms. The van der Waals surface area contributed by atoms with Crippen LogP contribution >= 0.6 is 15.9 Å². The molecule has 2 amide bonds. The first-order chi connectivity index (χ1) is 11.2. The van der Waals surface area contributed by atoms with E-state index in [9.17, 15) is 4.79 Å². The van der Waals surface area contributed by atoms with Crippen molar-refractivity contribution >= 4 is 27.6 Å². The van der Waals surface area contributed by atoms with Gasteiger partial charge in [-0.1, -0.05) is 46.3 Å². The molecule has 0 atom stereocenters. The maximum Gasteiger partial charge on any atom is 0.317 e. The molecule has 1 heterocycles. The summed E-state index contributed by atoms with van der Waals surface area (Å²) in [6, 6.07) is 18.3. The fraction of sp³-hybridized carbons (Fsp3) is 0.278. The highest BCUT2D eigenvalue weighted by atomic mass is 79.9. The van der Waals surface area contributed by atoms with E-state index >= 15 is 0 Å². The normalized spacial score (nSPS) is 14.7. The minimum Gasteiger partial charge on any atom is -0.368 e. The summed E-state index contributed by atoms with van der Waals surface area (Å²) < 4.78 is 1.03. The van der Waals surface area contributed by atoms with E-state index in [0.717, 1.165) is 36.2 Å². The van der Waals surface area contributed by atoms with Crippen LogP contribution in [0.15, 0.2) is 59.1 Å². The number of urea groups is 1. The lowest BCUT2D eigenvalue weighted by Gasteiger charge is -2.36. The van der Waals surface area contributed by atoms with Crippen molar-refractivity contribution in [1.82, 2.24) is 10.2 Å². The van der Waals surface area contributed by atoms with E-state index in [2.05, 4.69) is 38.3 Å². The summed E-state index contributed by atoms with van der Waals surface area (Å²) in [5.41, 5.74) is 2.32. The largest absolute Gasteiger partial charge is 0.368 e. The third-order valence-corrected chi connectivity index (χ3v) is 4.51. The third-order valence-electron chi connectivity index (χ3n) is 4.02. The van der Waals surface area contributed by atoms with Crippen LogP contribution in [0.1, 0.15) is 5.56 Å². The van der Waals surface area contributed by atoms with Crippen LogP contribution in [-0.4, -0.2) is 37.1 Å². The summed E-state index contributed by atoms with van der Waals surface area (Å²) in [5.74, 6) is 0. The van der Waals surface area contributed by atoms with Crippen molar-refractivity contribution < 1.29 is 4.79 Å². The van der Waals surface area contributed by atoms with E-state index in [1.807, 2.05) is 47.4 Å². The average molecular weight is 374 g/mol. The van der Waals surface area contributed by atoms with E-state index in [4.69, 9.17) is 0 Å². The van der Waals surface area contributed by atoms with E-state index < -0.39 is 0 Å². The fourth-order valence-electron chi connectivity index (χ4n) is 2.74. The molecule has 2 aromatic rings. The fourth-order valence-corrected chi connectivity index (χ4v) is 3.19. The Morgan fingerprint density at radius 1 is 1.00 bits per heavy atom. The Labute approximate surface area is 145 Å². The summed E-state index contributed by atoms with van der Waals surface area (Å²) in [5, 5.41) is 3.00. The van der Waals surface area contributed by atoms with Crippen molar-refractivity contribution in [3.05, 3.63) is 64.6 Å². The molecule has 0 aromatic heterocycles. The van der Waals surface area contributed by atoms with Crippen molar-refractivity contribution in [1.29, 1.82) is 0 Å². The first-order valence-electron chi connectivity index (χ1n) is 7.79. The second-order valence-corrected chi connectivity index (χ2v) is 6.51. The molecule has 1 aliphatic rings. The Morgan fingerprint density at radius 3 is 2.43 bits per heavy atom. The molecule has 1 saturated heterocycles. The van der Waals surface area contributed by atoms with E-state index in [1.165, 1.54) is 5.69 Å². The lowest BCUT2D eigenvalue weighted by atomic mass is 10.2. The lowest BCUT2D eigenvalue weighted by Crippen LogP contribution is -2.51. The molecule has 3 rings (SSSR count). The van der Waals surface area contributed by atoms with Crippen LogP contribution in [0.25, 0.3) is 0 Å². The van der Waals surface area contributed by atoms with Gasteiger partial charge in [0.25, 0.3) is 0 Å². The summed E-state index contributed by atoms with van der Waals surface area (Å²) in [7, 11) is 0. The zero-order valence-corrected chi connectivity index (χ0v) is 14.5. The molecule has 2 aromatic carbocycles. The Bertz CT molecular complexity index is 654. The number of hydrogen-bond acceptors (Lipinski definition) is 2. The minimum atomic E-state index is 0.0117. The number of carbonyl (C=O) groups excluding carboxylic acids is 1. The quantitative estimate of drug-likeness (QED) is 0.893. The van der Waals surface area contributed by atoms with Gasteiger partial charge in [0, 0.05) is 42.9 Å². The highest BCUT2D eigenvalue weighted by molar-refractivity contribution is 9.10. The van der Waals surface area contributed by atoms with Gasteiger partial charge in [0.1, 0.15) is 0 Å². The number of piperazine rings is 1. The van der Waals surface area contributed by atoms with Crippen LogP contribution in [0.2, 0.25) is 0 Å². The second-order valence-electron chi connectivity index (χ2n) is 5.60. The third kappa shape index (κ3) is 4.26. The van der Waals surface area contributed by atoms with Gasteiger partial charge < -0.3 is 15.1 Å². The van der Waals surface area contributed by atoms with Crippen LogP contribution in [0.3, 0.4) is 0 Å². The Kier molecular flexibility index (Phi) is 5.18. The van der Waals surface area contributed by atoms with Crippen LogP contribution in [0.5, 0.6) is 0 Å². The van der Waals surface area contributed by atoms with Crippen molar-refractivity contribution in [3.8, 4) is 0 Å². The van der Waals surface area contributed by atoms with Gasteiger partial charge in [0.2, 0.25) is 0 Å². The topological polar surface area (TPSA) is 35.6 Å². The van der Waals surface area contributed by atoms with Crippen LogP contribution in [0, 0.1) is 0 Å². The van der Waals surface area contributed by atoms with Gasteiger partial charge in [-0.25, -0.2) is 4.79 Å². The molecule has 0 saturated carbocycles. The molecule has 0 bridgehead atoms. The molecule has 120 valence electrons. The van der Waals surface area contributed by atoms with Gasteiger partial charge in [-0.05, 0) is 29.8 Å². The summed E-state index contributed by atoms with van der Waals surface area (Å²) in [6.45, 7) is 3.79. The van der Waals surface area contributed by atoms with E-state index in [-0.39, 0.29) is 6.03 Å². The van der Waals surface area contributed by atoms with Gasteiger partial charge in [-0.3, -0.25) is 0 Å². The molecule has 4 nitrogen and oxygen atoms in total. The Morgan fingerprint density at radius 2 is 1.74 bits per heavy atom. The van der Waals surface area contributed by atoms with E-state index in [0.29, 0.717) is 6.54 Å². The van der Waals surface area contributed by atoms with Crippen LogP contribution in [-0.2, 0) is 6.54 Å². The standard InChI is InChI=1S/C18H20BrN3O/c19-16-6-4-5-15(13-16)14-20-18(23)22-11-9-21(10-12-22)17-7-2-1-3-8-17/h1-8,13H,9-12,14H2,(H,20,23). The van der Waals surface area contributed by atoms with Gasteiger partial charge in [-0.15, -0.1) is 0 Å².